The van der Waals surface area contributed by atoms with Gasteiger partial charge in [0.2, 0.25) is 0 Å². The smallest absolute Gasteiger partial charge is 0.0253 e. The van der Waals surface area contributed by atoms with Gasteiger partial charge in [-0.25, -0.2) is 0 Å². The lowest BCUT2D eigenvalue weighted by atomic mass is 9.74. The SMILES string of the molecule is CCCN1CCCCC12CCc1sccc1C2.Cl. The van der Waals surface area contributed by atoms with Crippen LogP contribution in [0, 0.1) is 0 Å². The number of rotatable bonds is 2. The predicted molar refractivity (Wildman–Crippen MR) is 82.0 cm³/mol. The summed E-state index contributed by atoms with van der Waals surface area (Å²) >= 11 is 1.97. The normalized spacial score (nSPS) is 27.8. The van der Waals surface area contributed by atoms with E-state index in [0.717, 1.165) is 0 Å². The molecule has 1 saturated heterocycles. The Morgan fingerprint density at radius 2 is 2.22 bits per heavy atom. The molecule has 3 rings (SSSR count). The van der Waals surface area contributed by atoms with Crippen molar-refractivity contribution in [1.82, 2.24) is 4.90 Å². The van der Waals surface area contributed by atoms with Crippen LogP contribution in [0.25, 0.3) is 0 Å². The van der Waals surface area contributed by atoms with Gasteiger partial charge in [-0.3, -0.25) is 4.90 Å². The number of likely N-dealkylation sites (tertiary alicyclic amines) is 1. The highest BCUT2D eigenvalue weighted by Crippen LogP contribution is 2.41. The molecule has 1 aliphatic carbocycles. The Labute approximate surface area is 121 Å². The molecule has 0 saturated carbocycles. The third-order valence-corrected chi connectivity index (χ3v) is 5.68. The molecule has 18 heavy (non-hydrogen) atoms. The molecule has 0 N–H and O–H groups in total. The van der Waals surface area contributed by atoms with Gasteiger partial charge in [0, 0.05) is 10.4 Å². The van der Waals surface area contributed by atoms with Crippen LogP contribution in [0.4, 0.5) is 0 Å². The summed E-state index contributed by atoms with van der Waals surface area (Å²) in [5, 5.41) is 2.29. The van der Waals surface area contributed by atoms with Crippen molar-refractivity contribution in [2.24, 2.45) is 0 Å². The number of fused-ring (bicyclic) bond motifs is 1. The molecule has 102 valence electrons. The van der Waals surface area contributed by atoms with Gasteiger partial charge in [0.1, 0.15) is 0 Å². The van der Waals surface area contributed by atoms with Gasteiger partial charge in [0.25, 0.3) is 0 Å². The average Bonchev–Trinajstić information content (AvgIpc) is 2.80. The molecule has 0 aromatic carbocycles. The molecule has 1 fully saturated rings. The standard InChI is InChI=1S/C15H23NS.ClH/c1-2-9-16-10-4-3-7-15(16)8-5-14-13(12-15)6-11-17-14;/h6,11H,2-5,7-10,12H2,1H3;1H. The zero-order valence-electron chi connectivity index (χ0n) is 11.3. The van der Waals surface area contributed by atoms with Gasteiger partial charge < -0.3 is 0 Å². The van der Waals surface area contributed by atoms with Crippen LogP contribution in [-0.2, 0) is 12.8 Å². The maximum absolute atomic E-state index is 2.82. The van der Waals surface area contributed by atoms with Crippen molar-refractivity contribution in [3.8, 4) is 0 Å². The second-order valence-corrected chi connectivity index (χ2v) is 6.71. The molecule has 0 amide bonds. The number of nitrogens with zero attached hydrogens (tertiary/aromatic N) is 1. The van der Waals surface area contributed by atoms with Crippen LogP contribution in [-0.4, -0.2) is 23.5 Å². The summed E-state index contributed by atoms with van der Waals surface area (Å²) in [6.07, 6.45) is 9.65. The average molecular weight is 286 g/mol. The lowest BCUT2D eigenvalue weighted by Gasteiger charge is -2.49. The summed E-state index contributed by atoms with van der Waals surface area (Å²) in [7, 11) is 0. The molecular weight excluding hydrogens is 262 g/mol. The van der Waals surface area contributed by atoms with Crippen LogP contribution in [0.5, 0.6) is 0 Å². The van der Waals surface area contributed by atoms with E-state index in [2.05, 4.69) is 23.3 Å². The minimum Gasteiger partial charge on any atom is -0.297 e. The summed E-state index contributed by atoms with van der Waals surface area (Å²) in [5.74, 6) is 0. The minimum atomic E-state index is 0. The molecule has 1 atom stereocenters. The molecule has 2 heterocycles. The van der Waals surface area contributed by atoms with Crippen LogP contribution in [0.15, 0.2) is 11.4 Å². The van der Waals surface area contributed by atoms with E-state index in [1.54, 1.807) is 10.4 Å². The van der Waals surface area contributed by atoms with Gasteiger partial charge in [-0.1, -0.05) is 13.3 Å². The molecule has 2 aliphatic rings. The molecule has 1 unspecified atom stereocenters. The van der Waals surface area contributed by atoms with Gasteiger partial charge in [0.15, 0.2) is 0 Å². The van der Waals surface area contributed by atoms with Crippen LogP contribution in [0.3, 0.4) is 0 Å². The molecule has 0 radical (unpaired) electrons. The maximum atomic E-state index is 2.82. The lowest BCUT2D eigenvalue weighted by Crippen LogP contribution is -2.55. The van der Waals surface area contributed by atoms with Crippen molar-refractivity contribution in [2.45, 2.75) is 57.4 Å². The lowest BCUT2D eigenvalue weighted by molar-refractivity contribution is 0.0346. The second-order valence-electron chi connectivity index (χ2n) is 5.71. The van der Waals surface area contributed by atoms with Crippen LogP contribution >= 0.6 is 23.7 Å². The van der Waals surface area contributed by atoms with Gasteiger partial charge in [0.05, 0.1) is 0 Å². The number of aryl methyl sites for hydroxylation is 1. The molecule has 1 spiro atoms. The van der Waals surface area contributed by atoms with Gasteiger partial charge in [-0.15, -0.1) is 23.7 Å². The summed E-state index contributed by atoms with van der Waals surface area (Å²) < 4.78 is 0. The van der Waals surface area contributed by atoms with Crippen LogP contribution in [0.2, 0.25) is 0 Å². The first kappa shape index (κ1) is 14.4. The van der Waals surface area contributed by atoms with E-state index in [-0.39, 0.29) is 12.4 Å². The van der Waals surface area contributed by atoms with E-state index >= 15 is 0 Å². The molecule has 1 nitrogen and oxygen atoms in total. The topological polar surface area (TPSA) is 3.24 Å². The van der Waals surface area contributed by atoms with Crippen LogP contribution in [0.1, 0.15) is 49.5 Å². The summed E-state index contributed by atoms with van der Waals surface area (Å²) in [4.78, 5) is 4.48. The van der Waals surface area contributed by atoms with E-state index < -0.39 is 0 Å². The Kier molecular flexibility index (Phi) is 4.74. The first-order valence-electron chi connectivity index (χ1n) is 7.14. The number of hydrogen-bond acceptors (Lipinski definition) is 2. The first-order chi connectivity index (χ1) is 8.34. The zero-order chi connectivity index (χ0) is 11.7. The van der Waals surface area contributed by atoms with Crippen molar-refractivity contribution in [2.75, 3.05) is 13.1 Å². The van der Waals surface area contributed by atoms with Gasteiger partial charge in [-0.05, 0) is 68.6 Å². The largest absolute Gasteiger partial charge is 0.297 e. The van der Waals surface area contributed by atoms with Gasteiger partial charge in [-0.2, -0.15) is 0 Å². The molecule has 1 aliphatic heterocycles. The Morgan fingerprint density at radius 3 is 3.06 bits per heavy atom. The summed E-state index contributed by atoms with van der Waals surface area (Å²) in [6, 6.07) is 2.37. The second kappa shape index (κ2) is 5.94. The predicted octanol–water partition coefficient (Wildman–Crippen LogP) is 4.29. The zero-order valence-corrected chi connectivity index (χ0v) is 12.9. The third kappa shape index (κ3) is 2.48. The van der Waals surface area contributed by atoms with E-state index in [0.29, 0.717) is 5.54 Å². The highest BCUT2D eigenvalue weighted by molar-refractivity contribution is 7.10. The van der Waals surface area contributed by atoms with Crippen molar-refractivity contribution in [3.05, 3.63) is 21.9 Å². The van der Waals surface area contributed by atoms with Gasteiger partial charge >= 0.3 is 0 Å². The highest BCUT2D eigenvalue weighted by Gasteiger charge is 2.40. The van der Waals surface area contributed by atoms with Crippen molar-refractivity contribution >= 4 is 23.7 Å². The van der Waals surface area contributed by atoms with Crippen molar-refractivity contribution in [1.29, 1.82) is 0 Å². The van der Waals surface area contributed by atoms with Crippen molar-refractivity contribution in [3.63, 3.8) is 0 Å². The molecular formula is C15H24ClNS. The monoisotopic (exact) mass is 285 g/mol. The quantitative estimate of drug-likeness (QED) is 0.783. The summed E-state index contributed by atoms with van der Waals surface area (Å²) in [5.41, 5.74) is 2.19. The maximum Gasteiger partial charge on any atom is 0.0253 e. The minimum absolute atomic E-state index is 0. The molecule has 1 aromatic heterocycles. The Morgan fingerprint density at radius 1 is 1.33 bits per heavy atom. The summed E-state index contributed by atoms with van der Waals surface area (Å²) in [6.45, 7) is 4.97. The Bertz CT molecular complexity index is 388. The van der Waals surface area contributed by atoms with E-state index in [1.807, 2.05) is 11.3 Å². The Hall–Kier alpha value is -0.0500. The van der Waals surface area contributed by atoms with Crippen molar-refractivity contribution < 1.29 is 0 Å². The van der Waals surface area contributed by atoms with E-state index in [4.69, 9.17) is 0 Å². The molecule has 0 bridgehead atoms. The molecule has 3 heteroatoms. The fraction of sp³-hybridized carbons (Fsp3) is 0.733. The van der Waals surface area contributed by atoms with E-state index in [1.165, 1.54) is 58.0 Å². The third-order valence-electron chi connectivity index (χ3n) is 4.66. The highest BCUT2D eigenvalue weighted by atomic mass is 35.5. The number of hydrogen-bond donors (Lipinski definition) is 0. The fourth-order valence-corrected chi connectivity index (χ4v) is 4.70. The molecule has 1 aromatic rings. The Balaban J connectivity index is 0.00000120. The number of piperidine rings is 1. The van der Waals surface area contributed by atoms with E-state index in [9.17, 15) is 0 Å². The number of thiophene rings is 1. The number of halogens is 1. The van der Waals surface area contributed by atoms with Crippen LogP contribution < -0.4 is 0 Å². The fourth-order valence-electron chi connectivity index (χ4n) is 3.79. The first-order valence-corrected chi connectivity index (χ1v) is 8.02.